The molecule has 7 heteroatoms. The van der Waals surface area contributed by atoms with E-state index in [1.165, 1.54) is 6.42 Å². The number of likely N-dealkylation sites (tertiary alicyclic amines) is 1. The van der Waals surface area contributed by atoms with Crippen molar-refractivity contribution in [1.29, 1.82) is 0 Å². The van der Waals surface area contributed by atoms with E-state index in [2.05, 4.69) is 16.5 Å². The number of hydrogen-bond donors (Lipinski definition) is 1. The molecule has 1 aliphatic heterocycles. The van der Waals surface area contributed by atoms with Crippen molar-refractivity contribution in [3.63, 3.8) is 0 Å². The Labute approximate surface area is 130 Å². The van der Waals surface area contributed by atoms with Gasteiger partial charge in [-0.15, -0.1) is 0 Å². The number of sulfonamides is 1. The number of piperidine rings is 1. The first kappa shape index (κ1) is 17.3. The van der Waals surface area contributed by atoms with Crippen LogP contribution in [0.15, 0.2) is 23.1 Å². The van der Waals surface area contributed by atoms with Crippen LogP contribution >= 0.6 is 0 Å². The Balaban J connectivity index is 2.06. The second-order valence-electron chi connectivity index (χ2n) is 5.83. The average molecular weight is 332 g/mol. The third-order valence-corrected chi connectivity index (χ3v) is 5.65. The topological polar surface area (TPSA) is 49.4 Å². The second-order valence-corrected chi connectivity index (χ2v) is 7.54. The molecule has 1 saturated heterocycles. The van der Waals surface area contributed by atoms with Crippen LogP contribution in [0.5, 0.6) is 0 Å². The lowest BCUT2D eigenvalue weighted by Crippen LogP contribution is -2.48. The van der Waals surface area contributed by atoms with E-state index in [9.17, 15) is 17.2 Å². The lowest BCUT2D eigenvalue weighted by molar-refractivity contribution is 0.116. The summed E-state index contributed by atoms with van der Waals surface area (Å²) in [5.74, 6) is -2.15. The van der Waals surface area contributed by atoms with Crippen LogP contribution in [0.1, 0.15) is 33.1 Å². The van der Waals surface area contributed by atoms with E-state index in [0.29, 0.717) is 6.04 Å². The monoisotopic (exact) mass is 332 g/mol. The van der Waals surface area contributed by atoms with Gasteiger partial charge >= 0.3 is 0 Å². The molecule has 0 aromatic heterocycles. The molecule has 4 nitrogen and oxygen atoms in total. The first-order valence-electron chi connectivity index (χ1n) is 7.52. The van der Waals surface area contributed by atoms with Gasteiger partial charge in [0.15, 0.2) is 4.90 Å². The lowest BCUT2D eigenvalue weighted by Gasteiger charge is -2.38. The summed E-state index contributed by atoms with van der Waals surface area (Å²) in [6.07, 6.45) is 3.35. The van der Waals surface area contributed by atoms with Crippen molar-refractivity contribution in [2.45, 2.75) is 50.1 Å². The van der Waals surface area contributed by atoms with Crippen LogP contribution < -0.4 is 4.72 Å². The Morgan fingerprint density at radius 2 is 1.95 bits per heavy atom. The number of rotatable bonds is 5. The molecule has 1 fully saturated rings. The molecule has 0 bridgehead atoms. The standard InChI is InChI=1S/C15H22F2N2O2S/c1-11-6-3-4-9-19(11)12(2)10-18-22(20,21)15-13(16)7-5-8-14(15)17/h5,7-8,11-12,18H,3-4,6,9-10H2,1-2H3/t11-,12+/m1/s1. The Hall–Kier alpha value is -1.05. The van der Waals surface area contributed by atoms with Crippen LogP contribution in [0.3, 0.4) is 0 Å². The van der Waals surface area contributed by atoms with Crippen molar-refractivity contribution < 1.29 is 17.2 Å². The molecule has 1 aromatic rings. The zero-order valence-corrected chi connectivity index (χ0v) is 13.7. The maximum absolute atomic E-state index is 13.6. The number of benzene rings is 1. The number of hydrogen-bond acceptors (Lipinski definition) is 3. The normalized spacial score (nSPS) is 21.7. The molecule has 1 aliphatic rings. The Kier molecular flexibility index (Phi) is 5.52. The molecule has 0 amide bonds. The third-order valence-electron chi connectivity index (χ3n) is 4.18. The summed E-state index contributed by atoms with van der Waals surface area (Å²) in [6.45, 7) is 5.07. The van der Waals surface area contributed by atoms with E-state index in [1.807, 2.05) is 6.92 Å². The predicted molar refractivity (Wildman–Crippen MR) is 81.0 cm³/mol. The van der Waals surface area contributed by atoms with E-state index in [0.717, 1.165) is 37.6 Å². The molecule has 0 aliphatic carbocycles. The number of nitrogens with one attached hydrogen (secondary N) is 1. The van der Waals surface area contributed by atoms with Crippen molar-refractivity contribution in [3.8, 4) is 0 Å². The van der Waals surface area contributed by atoms with Crippen molar-refractivity contribution in [1.82, 2.24) is 9.62 Å². The molecule has 2 rings (SSSR count). The van der Waals surface area contributed by atoms with Gasteiger partial charge in [-0.05, 0) is 45.4 Å². The van der Waals surface area contributed by atoms with E-state index in [-0.39, 0.29) is 12.6 Å². The molecule has 0 unspecified atom stereocenters. The van der Waals surface area contributed by atoms with Gasteiger partial charge in [-0.2, -0.15) is 0 Å². The van der Waals surface area contributed by atoms with Crippen molar-refractivity contribution in [3.05, 3.63) is 29.8 Å². The van der Waals surface area contributed by atoms with Crippen molar-refractivity contribution in [2.75, 3.05) is 13.1 Å². The maximum Gasteiger partial charge on any atom is 0.246 e. The van der Waals surface area contributed by atoms with E-state index >= 15 is 0 Å². The summed E-state index contributed by atoms with van der Waals surface area (Å²) in [6, 6.07) is 3.38. The van der Waals surface area contributed by atoms with Gasteiger partial charge < -0.3 is 0 Å². The lowest BCUT2D eigenvalue weighted by atomic mass is 10.0. The van der Waals surface area contributed by atoms with Gasteiger partial charge in [-0.25, -0.2) is 21.9 Å². The molecule has 1 heterocycles. The molecule has 2 atom stereocenters. The van der Waals surface area contributed by atoms with Crippen molar-refractivity contribution in [2.24, 2.45) is 0 Å². The van der Waals surface area contributed by atoms with Crippen LogP contribution in [-0.4, -0.2) is 38.5 Å². The van der Waals surface area contributed by atoms with Gasteiger partial charge in [0.05, 0.1) is 0 Å². The highest BCUT2D eigenvalue weighted by Gasteiger charge is 2.27. The third kappa shape index (κ3) is 3.83. The van der Waals surface area contributed by atoms with Gasteiger partial charge in [-0.3, -0.25) is 4.90 Å². The SMILES string of the molecule is C[C@@H]1CCCCN1[C@@H](C)CNS(=O)(=O)c1c(F)cccc1F. The fraction of sp³-hybridized carbons (Fsp3) is 0.600. The van der Waals surface area contributed by atoms with Crippen LogP contribution in [0.2, 0.25) is 0 Å². The fourth-order valence-electron chi connectivity index (χ4n) is 2.93. The largest absolute Gasteiger partial charge is 0.297 e. The zero-order chi connectivity index (χ0) is 16.3. The fourth-order valence-corrected chi connectivity index (χ4v) is 4.19. The zero-order valence-electron chi connectivity index (χ0n) is 12.9. The second kappa shape index (κ2) is 7.02. The summed E-state index contributed by atoms with van der Waals surface area (Å²) >= 11 is 0. The smallest absolute Gasteiger partial charge is 0.246 e. The minimum Gasteiger partial charge on any atom is -0.297 e. The van der Waals surface area contributed by atoms with Crippen LogP contribution in [0.25, 0.3) is 0 Å². The maximum atomic E-state index is 13.6. The quantitative estimate of drug-likeness (QED) is 0.901. The first-order valence-corrected chi connectivity index (χ1v) is 9.00. The van der Waals surface area contributed by atoms with E-state index in [4.69, 9.17) is 0 Å². The summed E-state index contributed by atoms with van der Waals surface area (Å²) in [7, 11) is -4.20. The van der Waals surface area contributed by atoms with Crippen LogP contribution in [0.4, 0.5) is 8.78 Å². The first-order chi connectivity index (χ1) is 10.3. The molecular formula is C15H22F2N2O2S. The number of halogens is 2. The molecule has 0 radical (unpaired) electrons. The molecule has 124 valence electrons. The number of nitrogens with zero attached hydrogens (tertiary/aromatic N) is 1. The highest BCUT2D eigenvalue weighted by molar-refractivity contribution is 7.89. The molecule has 22 heavy (non-hydrogen) atoms. The Bertz CT molecular complexity index is 602. The molecular weight excluding hydrogens is 310 g/mol. The Morgan fingerprint density at radius 3 is 2.55 bits per heavy atom. The highest BCUT2D eigenvalue weighted by atomic mass is 32.2. The van der Waals surface area contributed by atoms with E-state index < -0.39 is 26.6 Å². The Morgan fingerprint density at radius 1 is 1.32 bits per heavy atom. The van der Waals surface area contributed by atoms with Gasteiger partial charge in [0.1, 0.15) is 11.6 Å². The minimum absolute atomic E-state index is 0.0279. The molecule has 0 spiro atoms. The van der Waals surface area contributed by atoms with E-state index in [1.54, 1.807) is 0 Å². The molecule has 1 aromatic carbocycles. The van der Waals surface area contributed by atoms with Crippen LogP contribution in [0, 0.1) is 11.6 Å². The van der Waals surface area contributed by atoms with Gasteiger partial charge in [0.25, 0.3) is 0 Å². The van der Waals surface area contributed by atoms with Gasteiger partial charge in [0.2, 0.25) is 10.0 Å². The summed E-state index contributed by atoms with van der Waals surface area (Å²) < 4.78 is 53.8. The summed E-state index contributed by atoms with van der Waals surface area (Å²) in [5, 5.41) is 0. The highest BCUT2D eigenvalue weighted by Crippen LogP contribution is 2.20. The van der Waals surface area contributed by atoms with Crippen molar-refractivity contribution >= 4 is 10.0 Å². The predicted octanol–water partition coefficient (Wildman–Crippen LogP) is 2.51. The molecule has 0 saturated carbocycles. The summed E-state index contributed by atoms with van der Waals surface area (Å²) in [5.41, 5.74) is 0. The molecule has 1 N–H and O–H groups in total. The minimum atomic E-state index is -4.20. The van der Waals surface area contributed by atoms with Crippen LogP contribution in [-0.2, 0) is 10.0 Å². The van der Waals surface area contributed by atoms with Gasteiger partial charge in [-0.1, -0.05) is 12.5 Å². The van der Waals surface area contributed by atoms with Gasteiger partial charge in [0, 0.05) is 18.6 Å². The summed E-state index contributed by atoms with van der Waals surface area (Å²) in [4.78, 5) is 1.32. The average Bonchev–Trinajstić information content (AvgIpc) is 2.45.